The Morgan fingerprint density at radius 1 is 1.00 bits per heavy atom. The van der Waals surface area contributed by atoms with Gasteiger partial charge in [0.05, 0.1) is 15.4 Å². The van der Waals surface area contributed by atoms with Gasteiger partial charge in [-0.1, -0.05) is 23.7 Å². The average Bonchev–Trinajstić information content (AvgIpc) is 2.48. The zero-order chi connectivity index (χ0) is 15.7. The van der Waals surface area contributed by atoms with Crippen molar-refractivity contribution < 1.29 is 8.42 Å². The first-order valence-corrected chi connectivity index (χ1v) is 8.99. The van der Waals surface area contributed by atoms with Crippen LogP contribution < -0.4 is 5.32 Å². The normalized spacial score (nSPS) is 11.0. The Kier molecular flexibility index (Phi) is 5.37. The summed E-state index contributed by atoms with van der Waals surface area (Å²) >= 11 is 6.13. The highest BCUT2D eigenvalue weighted by molar-refractivity contribution is 8.13. The van der Waals surface area contributed by atoms with Crippen molar-refractivity contribution in [1.82, 2.24) is 4.98 Å². The third-order valence-electron chi connectivity index (χ3n) is 3.14. The summed E-state index contributed by atoms with van der Waals surface area (Å²) in [5, 5.41) is 4.67. The molecule has 1 N–H and O–H groups in total. The fraction of sp³-hybridized carbons (Fsp3) is 0. The average molecular weight is 390 g/mol. The van der Waals surface area contributed by atoms with Crippen molar-refractivity contribution >= 4 is 66.0 Å². The topological polar surface area (TPSA) is 59.1 Å². The van der Waals surface area contributed by atoms with Crippen molar-refractivity contribution in [3.8, 4) is 0 Å². The SMILES string of the molecule is Cl.O=S(=O)(Cl)c1ccc(Nc2ccnc3c(Cl)cccc23)cc1. The number of pyridine rings is 1. The molecule has 1 aromatic heterocycles. The number of halogens is 3. The number of benzene rings is 2. The summed E-state index contributed by atoms with van der Waals surface area (Å²) in [6, 6.07) is 13.5. The minimum atomic E-state index is -3.72. The van der Waals surface area contributed by atoms with Crippen molar-refractivity contribution in [3.63, 3.8) is 0 Å². The second kappa shape index (κ2) is 6.93. The number of aromatic nitrogens is 1. The largest absolute Gasteiger partial charge is 0.355 e. The molecule has 23 heavy (non-hydrogen) atoms. The molecule has 0 aliphatic rings. The Labute approximate surface area is 149 Å². The molecule has 120 valence electrons. The third-order valence-corrected chi connectivity index (χ3v) is 4.81. The van der Waals surface area contributed by atoms with Crippen molar-refractivity contribution in [1.29, 1.82) is 0 Å². The lowest BCUT2D eigenvalue weighted by Crippen LogP contribution is -1.94. The number of hydrogen-bond donors (Lipinski definition) is 1. The predicted octanol–water partition coefficient (Wildman–Crippen LogP) is 4.98. The van der Waals surface area contributed by atoms with Crippen molar-refractivity contribution in [2.24, 2.45) is 0 Å². The lowest BCUT2D eigenvalue weighted by atomic mass is 10.2. The van der Waals surface area contributed by atoms with Crippen LogP contribution in [0.1, 0.15) is 0 Å². The molecule has 2 aromatic carbocycles. The van der Waals surface area contributed by atoms with Gasteiger partial charge in [-0.3, -0.25) is 4.98 Å². The van der Waals surface area contributed by atoms with Gasteiger partial charge >= 0.3 is 0 Å². The molecule has 8 heteroatoms. The highest BCUT2D eigenvalue weighted by Crippen LogP contribution is 2.29. The zero-order valence-electron chi connectivity index (χ0n) is 11.5. The summed E-state index contributed by atoms with van der Waals surface area (Å²) in [7, 11) is 1.58. The highest BCUT2D eigenvalue weighted by Gasteiger charge is 2.10. The molecule has 0 saturated heterocycles. The Morgan fingerprint density at radius 2 is 1.70 bits per heavy atom. The van der Waals surface area contributed by atoms with Crippen LogP contribution in [0.4, 0.5) is 11.4 Å². The van der Waals surface area contributed by atoms with E-state index in [4.69, 9.17) is 22.3 Å². The summed E-state index contributed by atoms with van der Waals surface area (Å²) in [6.45, 7) is 0. The maximum atomic E-state index is 11.2. The van der Waals surface area contributed by atoms with Crippen LogP contribution in [-0.2, 0) is 9.05 Å². The van der Waals surface area contributed by atoms with E-state index in [2.05, 4.69) is 10.3 Å². The molecular weight excluding hydrogens is 379 g/mol. The fourth-order valence-electron chi connectivity index (χ4n) is 2.11. The minimum Gasteiger partial charge on any atom is -0.355 e. The van der Waals surface area contributed by atoms with Gasteiger partial charge in [0.15, 0.2) is 0 Å². The molecule has 1 heterocycles. The second-order valence-corrected chi connectivity index (χ2v) is 7.55. The van der Waals surface area contributed by atoms with E-state index in [0.717, 1.165) is 16.8 Å². The standard InChI is InChI=1S/C15H10Cl2N2O2S.ClH/c16-13-3-1-2-12-14(8-9-18-15(12)13)19-10-4-6-11(7-5-10)22(17,20)21;/h1-9H,(H,18,19);1H. The van der Waals surface area contributed by atoms with E-state index in [-0.39, 0.29) is 17.3 Å². The molecule has 4 nitrogen and oxygen atoms in total. The van der Waals surface area contributed by atoms with Crippen molar-refractivity contribution in [3.05, 3.63) is 59.8 Å². The maximum absolute atomic E-state index is 11.2. The van der Waals surface area contributed by atoms with Crippen molar-refractivity contribution in [2.75, 3.05) is 5.32 Å². The molecule has 0 unspecified atom stereocenters. The molecule has 0 saturated carbocycles. The number of nitrogens with zero attached hydrogens (tertiary/aromatic N) is 1. The quantitative estimate of drug-likeness (QED) is 0.642. The van der Waals surface area contributed by atoms with Gasteiger partial charge in [-0.15, -0.1) is 12.4 Å². The zero-order valence-corrected chi connectivity index (χ0v) is 14.7. The van der Waals surface area contributed by atoms with Gasteiger partial charge in [0.1, 0.15) is 0 Å². The lowest BCUT2D eigenvalue weighted by Gasteiger charge is -2.10. The number of para-hydroxylation sites is 1. The van der Waals surface area contributed by atoms with E-state index < -0.39 is 9.05 Å². The first-order valence-electron chi connectivity index (χ1n) is 6.30. The van der Waals surface area contributed by atoms with Crippen LogP contribution in [0.5, 0.6) is 0 Å². The molecular formula is C15H11Cl3N2O2S. The van der Waals surface area contributed by atoms with E-state index in [1.54, 1.807) is 24.4 Å². The molecule has 0 radical (unpaired) electrons. The van der Waals surface area contributed by atoms with Gasteiger partial charge in [-0.05, 0) is 36.4 Å². The van der Waals surface area contributed by atoms with Gasteiger partial charge in [-0.2, -0.15) is 0 Å². The van der Waals surface area contributed by atoms with Crippen LogP contribution in [0.15, 0.2) is 59.6 Å². The second-order valence-electron chi connectivity index (χ2n) is 4.58. The Morgan fingerprint density at radius 3 is 2.35 bits per heavy atom. The molecule has 3 aromatic rings. The number of fused-ring (bicyclic) bond motifs is 1. The van der Waals surface area contributed by atoms with Crippen LogP contribution >= 0.6 is 34.7 Å². The Hall–Kier alpha value is -1.53. The van der Waals surface area contributed by atoms with Gasteiger partial charge in [0.25, 0.3) is 9.05 Å². The predicted molar refractivity (Wildman–Crippen MR) is 96.8 cm³/mol. The summed E-state index contributed by atoms with van der Waals surface area (Å²) in [4.78, 5) is 4.32. The maximum Gasteiger partial charge on any atom is 0.261 e. The van der Waals surface area contributed by atoms with Crippen LogP contribution in [0.25, 0.3) is 10.9 Å². The van der Waals surface area contributed by atoms with Gasteiger partial charge < -0.3 is 5.32 Å². The minimum absolute atomic E-state index is 0. The number of anilines is 2. The fourth-order valence-corrected chi connectivity index (χ4v) is 3.10. The van der Waals surface area contributed by atoms with E-state index in [1.807, 2.05) is 18.2 Å². The van der Waals surface area contributed by atoms with Crippen LogP contribution in [-0.4, -0.2) is 13.4 Å². The summed E-state index contributed by atoms with van der Waals surface area (Å²) in [5.74, 6) is 0. The molecule has 0 spiro atoms. The smallest absolute Gasteiger partial charge is 0.261 e. The van der Waals surface area contributed by atoms with E-state index in [9.17, 15) is 8.42 Å². The van der Waals surface area contributed by atoms with E-state index in [1.165, 1.54) is 12.1 Å². The van der Waals surface area contributed by atoms with Gasteiger partial charge in [-0.25, -0.2) is 8.42 Å². The first-order chi connectivity index (χ1) is 10.4. The monoisotopic (exact) mass is 388 g/mol. The summed E-state index contributed by atoms with van der Waals surface area (Å²) in [6.07, 6.45) is 1.66. The van der Waals surface area contributed by atoms with E-state index >= 15 is 0 Å². The number of hydrogen-bond acceptors (Lipinski definition) is 4. The number of nitrogens with one attached hydrogen (secondary N) is 1. The Bertz CT molecular complexity index is 945. The summed E-state index contributed by atoms with van der Waals surface area (Å²) in [5.41, 5.74) is 2.26. The number of rotatable bonds is 3. The van der Waals surface area contributed by atoms with Crippen LogP contribution in [0.3, 0.4) is 0 Å². The molecule has 0 aliphatic carbocycles. The Balaban J connectivity index is 0.00000192. The molecule has 0 aliphatic heterocycles. The molecule has 3 rings (SSSR count). The molecule has 0 atom stereocenters. The van der Waals surface area contributed by atoms with Gasteiger partial charge in [0.2, 0.25) is 0 Å². The first kappa shape index (κ1) is 17.8. The van der Waals surface area contributed by atoms with Crippen LogP contribution in [0.2, 0.25) is 5.02 Å². The molecule has 0 fully saturated rings. The third kappa shape index (κ3) is 3.87. The molecule has 0 bridgehead atoms. The highest BCUT2D eigenvalue weighted by atomic mass is 35.7. The molecule has 0 amide bonds. The summed E-state index contributed by atoms with van der Waals surface area (Å²) < 4.78 is 22.5. The van der Waals surface area contributed by atoms with Crippen molar-refractivity contribution in [2.45, 2.75) is 4.90 Å². The van der Waals surface area contributed by atoms with Gasteiger partial charge in [0, 0.05) is 33.6 Å². The van der Waals surface area contributed by atoms with Crippen LogP contribution in [0, 0.1) is 0 Å². The van der Waals surface area contributed by atoms with E-state index in [0.29, 0.717) is 10.5 Å². The lowest BCUT2D eigenvalue weighted by molar-refractivity contribution is 0.609.